The van der Waals surface area contributed by atoms with E-state index in [0.29, 0.717) is 13.2 Å². The van der Waals surface area contributed by atoms with Crippen molar-refractivity contribution in [3.05, 3.63) is 35.4 Å². The third-order valence-corrected chi connectivity index (χ3v) is 2.35. The van der Waals surface area contributed by atoms with E-state index in [0.717, 1.165) is 11.1 Å². The Labute approximate surface area is 88.0 Å². The summed E-state index contributed by atoms with van der Waals surface area (Å²) in [6.45, 7) is 0.992. The predicted octanol–water partition coefficient (Wildman–Crippen LogP) is 0.760. The molecule has 0 saturated carbocycles. The van der Waals surface area contributed by atoms with E-state index in [1.165, 1.54) is 0 Å². The lowest BCUT2D eigenvalue weighted by Gasteiger charge is -2.22. The average molecular weight is 207 g/mol. The molecular formula is C11H13NO3. The smallest absolute Gasteiger partial charge is 0.332 e. The molecule has 1 heterocycles. The topological polar surface area (TPSA) is 61.5 Å². The zero-order chi connectivity index (χ0) is 10.7. The van der Waals surface area contributed by atoms with Gasteiger partial charge in [-0.1, -0.05) is 24.3 Å². The maximum absolute atomic E-state index is 11.0. The van der Waals surface area contributed by atoms with Crippen LogP contribution in [0.1, 0.15) is 17.2 Å². The largest absolute Gasteiger partial charge is 0.453 e. The minimum atomic E-state index is -0.311. The van der Waals surface area contributed by atoms with E-state index in [1.807, 2.05) is 24.3 Å². The third-order valence-electron chi connectivity index (χ3n) is 2.35. The van der Waals surface area contributed by atoms with Gasteiger partial charge in [0.05, 0.1) is 6.61 Å². The van der Waals surface area contributed by atoms with Crippen LogP contribution in [-0.2, 0) is 20.8 Å². The van der Waals surface area contributed by atoms with Crippen molar-refractivity contribution in [3.8, 4) is 0 Å². The summed E-state index contributed by atoms with van der Waals surface area (Å²) in [6, 6.07) is 7.68. The van der Waals surface area contributed by atoms with Crippen molar-refractivity contribution in [1.29, 1.82) is 0 Å². The number of nitrogens with two attached hydrogens (primary N) is 1. The van der Waals surface area contributed by atoms with Gasteiger partial charge in [0, 0.05) is 6.54 Å². The number of carbonyl (C=O) groups is 1. The molecule has 2 rings (SSSR count). The van der Waals surface area contributed by atoms with Gasteiger partial charge in [0.2, 0.25) is 0 Å². The van der Waals surface area contributed by atoms with Gasteiger partial charge >= 0.3 is 5.97 Å². The molecule has 80 valence electrons. The molecule has 0 amide bonds. The number of ether oxygens (including phenoxy) is 2. The standard InChI is InChI=1S/C11H13NO3/c12-5-8-1-3-9(4-2-8)10-6-14-7-11(13)15-10/h1-4,10H,5-7,12H2. The van der Waals surface area contributed by atoms with Gasteiger partial charge in [-0.05, 0) is 11.1 Å². The molecule has 2 N–H and O–H groups in total. The second-order valence-electron chi connectivity index (χ2n) is 3.44. The lowest BCUT2D eigenvalue weighted by atomic mass is 10.1. The highest BCUT2D eigenvalue weighted by Gasteiger charge is 2.22. The fraction of sp³-hybridized carbons (Fsp3) is 0.364. The summed E-state index contributed by atoms with van der Waals surface area (Å²) in [5.74, 6) is -0.311. The number of carbonyl (C=O) groups excluding carboxylic acids is 1. The van der Waals surface area contributed by atoms with Crippen molar-refractivity contribution in [1.82, 2.24) is 0 Å². The number of cyclic esters (lactones) is 1. The van der Waals surface area contributed by atoms with Gasteiger partial charge < -0.3 is 15.2 Å². The minimum Gasteiger partial charge on any atom is -0.453 e. The zero-order valence-electron chi connectivity index (χ0n) is 8.31. The first kappa shape index (κ1) is 10.1. The summed E-state index contributed by atoms with van der Waals surface area (Å²) in [5.41, 5.74) is 7.49. The van der Waals surface area contributed by atoms with Crippen LogP contribution in [0.3, 0.4) is 0 Å². The van der Waals surface area contributed by atoms with Crippen LogP contribution in [0.4, 0.5) is 0 Å². The van der Waals surface area contributed by atoms with Crippen LogP contribution >= 0.6 is 0 Å². The monoisotopic (exact) mass is 207 g/mol. The van der Waals surface area contributed by atoms with Crippen molar-refractivity contribution >= 4 is 5.97 Å². The van der Waals surface area contributed by atoms with Gasteiger partial charge in [0.15, 0.2) is 6.10 Å². The number of rotatable bonds is 2. The van der Waals surface area contributed by atoms with Crippen LogP contribution in [0.5, 0.6) is 0 Å². The van der Waals surface area contributed by atoms with Crippen LogP contribution in [0, 0.1) is 0 Å². The first-order chi connectivity index (χ1) is 7.29. The molecule has 1 unspecified atom stereocenters. The van der Waals surface area contributed by atoms with Crippen LogP contribution in [0.15, 0.2) is 24.3 Å². The molecular weight excluding hydrogens is 194 g/mol. The van der Waals surface area contributed by atoms with Crippen molar-refractivity contribution in [2.45, 2.75) is 12.6 Å². The second kappa shape index (κ2) is 4.42. The lowest BCUT2D eigenvalue weighted by Crippen LogP contribution is -2.26. The van der Waals surface area contributed by atoms with Gasteiger partial charge in [0.1, 0.15) is 6.61 Å². The number of esters is 1. The first-order valence-corrected chi connectivity index (χ1v) is 4.85. The van der Waals surface area contributed by atoms with Crippen molar-refractivity contribution in [2.24, 2.45) is 5.73 Å². The van der Waals surface area contributed by atoms with Gasteiger partial charge in [-0.25, -0.2) is 4.79 Å². The van der Waals surface area contributed by atoms with E-state index in [2.05, 4.69) is 0 Å². The Bertz CT molecular complexity index is 347. The summed E-state index contributed by atoms with van der Waals surface area (Å²) in [7, 11) is 0. The molecule has 1 aromatic carbocycles. The molecule has 15 heavy (non-hydrogen) atoms. The summed E-state index contributed by atoms with van der Waals surface area (Å²) in [6.07, 6.45) is -0.280. The van der Waals surface area contributed by atoms with E-state index >= 15 is 0 Å². The third kappa shape index (κ3) is 2.34. The van der Waals surface area contributed by atoms with Gasteiger partial charge in [-0.2, -0.15) is 0 Å². The first-order valence-electron chi connectivity index (χ1n) is 4.85. The molecule has 1 fully saturated rings. The summed E-state index contributed by atoms with van der Waals surface area (Å²) in [5, 5.41) is 0. The van der Waals surface area contributed by atoms with Crippen molar-refractivity contribution in [2.75, 3.05) is 13.2 Å². The molecule has 1 saturated heterocycles. The van der Waals surface area contributed by atoms with Crippen molar-refractivity contribution < 1.29 is 14.3 Å². The van der Waals surface area contributed by atoms with Crippen LogP contribution in [0.2, 0.25) is 0 Å². The van der Waals surface area contributed by atoms with Crippen LogP contribution < -0.4 is 5.73 Å². The Balaban J connectivity index is 2.11. The quantitative estimate of drug-likeness (QED) is 0.727. The van der Waals surface area contributed by atoms with Gasteiger partial charge in [-0.3, -0.25) is 0 Å². The predicted molar refractivity (Wildman–Crippen MR) is 54.0 cm³/mol. The number of hydrogen-bond acceptors (Lipinski definition) is 4. The molecule has 0 radical (unpaired) electrons. The fourth-order valence-electron chi connectivity index (χ4n) is 1.51. The van der Waals surface area contributed by atoms with Crippen molar-refractivity contribution in [3.63, 3.8) is 0 Å². The molecule has 1 aliphatic heterocycles. The van der Waals surface area contributed by atoms with E-state index in [-0.39, 0.29) is 18.7 Å². The number of hydrogen-bond donors (Lipinski definition) is 1. The summed E-state index contributed by atoms with van der Waals surface area (Å²) >= 11 is 0. The highest BCUT2D eigenvalue weighted by molar-refractivity contribution is 5.71. The highest BCUT2D eigenvalue weighted by Crippen LogP contribution is 2.21. The maximum atomic E-state index is 11.0. The second-order valence-corrected chi connectivity index (χ2v) is 3.44. The zero-order valence-corrected chi connectivity index (χ0v) is 8.31. The average Bonchev–Trinajstić information content (AvgIpc) is 2.29. The minimum absolute atomic E-state index is 0.0530. The maximum Gasteiger partial charge on any atom is 0.332 e. The van der Waals surface area contributed by atoms with Gasteiger partial charge in [0.25, 0.3) is 0 Å². The van der Waals surface area contributed by atoms with E-state index in [4.69, 9.17) is 15.2 Å². The molecule has 0 spiro atoms. The molecule has 1 atom stereocenters. The summed E-state index contributed by atoms with van der Waals surface area (Å²) < 4.78 is 10.3. The molecule has 4 heteroatoms. The SMILES string of the molecule is NCc1ccc(C2COCC(=O)O2)cc1. The highest BCUT2D eigenvalue weighted by atomic mass is 16.6. The lowest BCUT2D eigenvalue weighted by molar-refractivity contribution is -0.170. The normalized spacial score (nSPS) is 21.1. The van der Waals surface area contributed by atoms with E-state index < -0.39 is 0 Å². The Morgan fingerprint density at radius 3 is 2.67 bits per heavy atom. The van der Waals surface area contributed by atoms with Gasteiger partial charge in [-0.15, -0.1) is 0 Å². The van der Waals surface area contributed by atoms with E-state index in [1.54, 1.807) is 0 Å². The molecule has 0 bridgehead atoms. The fourth-order valence-corrected chi connectivity index (χ4v) is 1.51. The summed E-state index contributed by atoms with van der Waals surface area (Å²) in [4.78, 5) is 11.0. The molecule has 0 aromatic heterocycles. The van der Waals surface area contributed by atoms with E-state index in [9.17, 15) is 4.79 Å². The Morgan fingerprint density at radius 2 is 2.07 bits per heavy atom. The number of benzene rings is 1. The Kier molecular flexibility index (Phi) is 2.99. The molecule has 1 aliphatic rings. The van der Waals surface area contributed by atoms with Crippen LogP contribution in [-0.4, -0.2) is 19.2 Å². The molecule has 0 aliphatic carbocycles. The molecule has 1 aromatic rings. The van der Waals surface area contributed by atoms with Crippen LogP contribution in [0.25, 0.3) is 0 Å². The molecule has 4 nitrogen and oxygen atoms in total. The Morgan fingerprint density at radius 1 is 1.33 bits per heavy atom. The Hall–Kier alpha value is -1.39.